The molecule has 1 heterocycles. The standard InChI is InChI=1S/C16H26FN3/c1-13(2)20-9-4-7-16(12-18,8-10-20)19-15-6-3-5-14(17)11-15/h3,5-6,11,13,19H,4,7-10,12,18H2,1-2H3. The summed E-state index contributed by atoms with van der Waals surface area (Å²) in [6.45, 7) is 7.20. The number of nitrogens with two attached hydrogens (primary N) is 1. The van der Waals surface area contributed by atoms with Crippen molar-refractivity contribution in [3.05, 3.63) is 30.1 Å². The van der Waals surface area contributed by atoms with Gasteiger partial charge in [-0.1, -0.05) is 6.07 Å². The van der Waals surface area contributed by atoms with E-state index < -0.39 is 0 Å². The summed E-state index contributed by atoms with van der Waals surface area (Å²) in [6.07, 6.45) is 3.15. The molecule has 1 atom stereocenters. The minimum absolute atomic E-state index is 0.114. The smallest absolute Gasteiger partial charge is 0.125 e. The molecule has 0 radical (unpaired) electrons. The molecule has 1 aliphatic rings. The molecule has 0 saturated carbocycles. The molecule has 1 aliphatic heterocycles. The fourth-order valence-corrected chi connectivity index (χ4v) is 2.98. The first kappa shape index (κ1) is 15.3. The molecule has 2 rings (SSSR count). The highest BCUT2D eigenvalue weighted by atomic mass is 19.1. The maximum atomic E-state index is 13.3. The van der Waals surface area contributed by atoms with E-state index in [4.69, 9.17) is 5.73 Å². The number of rotatable bonds is 4. The molecule has 0 spiro atoms. The van der Waals surface area contributed by atoms with Gasteiger partial charge in [0.15, 0.2) is 0 Å². The molecule has 0 aliphatic carbocycles. The number of benzene rings is 1. The lowest BCUT2D eigenvalue weighted by Crippen LogP contribution is -2.46. The maximum Gasteiger partial charge on any atom is 0.125 e. The van der Waals surface area contributed by atoms with Crippen LogP contribution in [0.25, 0.3) is 0 Å². The Kier molecular flexibility index (Phi) is 5.00. The summed E-state index contributed by atoms with van der Waals surface area (Å²) in [6, 6.07) is 7.22. The third-order valence-corrected chi connectivity index (χ3v) is 4.33. The van der Waals surface area contributed by atoms with Crippen LogP contribution in [0.5, 0.6) is 0 Å². The Bertz CT molecular complexity index is 435. The second-order valence-corrected chi connectivity index (χ2v) is 6.10. The van der Waals surface area contributed by atoms with Gasteiger partial charge in [-0.3, -0.25) is 0 Å². The van der Waals surface area contributed by atoms with Gasteiger partial charge in [0.1, 0.15) is 5.82 Å². The average molecular weight is 279 g/mol. The van der Waals surface area contributed by atoms with Gasteiger partial charge >= 0.3 is 0 Å². The minimum Gasteiger partial charge on any atom is -0.378 e. The number of halogens is 1. The average Bonchev–Trinajstić information content (AvgIpc) is 2.62. The third-order valence-electron chi connectivity index (χ3n) is 4.33. The molecule has 4 heteroatoms. The zero-order valence-corrected chi connectivity index (χ0v) is 12.5. The normalized spacial score (nSPS) is 24.6. The van der Waals surface area contributed by atoms with E-state index in [0.29, 0.717) is 12.6 Å². The molecule has 1 aromatic carbocycles. The zero-order valence-electron chi connectivity index (χ0n) is 12.5. The van der Waals surface area contributed by atoms with Crippen LogP contribution in [-0.4, -0.2) is 36.1 Å². The number of likely N-dealkylation sites (tertiary alicyclic amines) is 1. The van der Waals surface area contributed by atoms with Gasteiger partial charge in [-0.25, -0.2) is 4.39 Å². The van der Waals surface area contributed by atoms with E-state index in [9.17, 15) is 4.39 Å². The summed E-state index contributed by atoms with van der Waals surface area (Å²) < 4.78 is 13.3. The van der Waals surface area contributed by atoms with Crippen LogP contribution in [-0.2, 0) is 0 Å². The molecule has 0 aromatic heterocycles. The van der Waals surface area contributed by atoms with Gasteiger partial charge in [0.05, 0.1) is 5.54 Å². The Morgan fingerprint density at radius 1 is 1.35 bits per heavy atom. The molecule has 20 heavy (non-hydrogen) atoms. The van der Waals surface area contributed by atoms with Gasteiger partial charge in [0.25, 0.3) is 0 Å². The van der Waals surface area contributed by atoms with Crippen molar-refractivity contribution in [1.29, 1.82) is 0 Å². The van der Waals surface area contributed by atoms with Crippen molar-refractivity contribution < 1.29 is 4.39 Å². The van der Waals surface area contributed by atoms with Gasteiger partial charge in [-0.2, -0.15) is 0 Å². The third kappa shape index (κ3) is 3.70. The van der Waals surface area contributed by atoms with Crippen molar-refractivity contribution in [2.24, 2.45) is 5.73 Å². The Morgan fingerprint density at radius 3 is 2.80 bits per heavy atom. The molecule has 1 saturated heterocycles. The molecule has 3 nitrogen and oxygen atoms in total. The van der Waals surface area contributed by atoms with Gasteiger partial charge in [0.2, 0.25) is 0 Å². The second-order valence-electron chi connectivity index (χ2n) is 6.10. The van der Waals surface area contributed by atoms with E-state index in [1.54, 1.807) is 12.1 Å². The Labute approximate surface area is 121 Å². The molecular weight excluding hydrogens is 253 g/mol. The summed E-state index contributed by atoms with van der Waals surface area (Å²) in [5.74, 6) is -0.209. The summed E-state index contributed by atoms with van der Waals surface area (Å²) in [5.41, 5.74) is 6.75. The van der Waals surface area contributed by atoms with E-state index in [2.05, 4.69) is 24.1 Å². The molecule has 1 unspecified atom stereocenters. The van der Waals surface area contributed by atoms with Gasteiger partial charge in [0, 0.05) is 24.8 Å². The van der Waals surface area contributed by atoms with Crippen molar-refractivity contribution in [2.75, 3.05) is 25.0 Å². The lowest BCUT2D eigenvalue weighted by molar-refractivity contribution is 0.227. The monoisotopic (exact) mass is 279 g/mol. The number of nitrogens with one attached hydrogen (secondary N) is 1. The first-order chi connectivity index (χ1) is 9.54. The van der Waals surface area contributed by atoms with E-state index in [0.717, 1.165) is 38.0 Å². The number of nitrogens with zero attached hydrogens (tertiary/aromatic N) is 1. The number of hydrogen-bond donors (Lipinski definition) is 2. The summed E-state index contributed by atoms with van der Waals surface area (Å²) in [4.78, 5) is 2.49. The highest BCUT2D eigenvalue weighted by Crippen LogP contribution is 2.27. The van der Waals surface area contributed by atoms with Crippen LogP contribution in [0, 0.1) is 5.82 Å². The lowest BCUT2D eigenvalue weighted by Gasteiger charge is -2.34. The van der Waals surface area contributed by atoms with Crippen LogP contribution >= 0.6 is 0 Å². The fraction of sp³-hybridized carbons (Fsp3) is 0.625. The van der Waals surface area contributed by atoms with Crippen molar-refractivity contribution in [1.82, 2.24) is 4.90 Å². The van der Waals surface area contributed by atoms with Crippen LogP contribution in [0.15, 0.2) is 24.3 Å². The minimum atomic E-state index is -0.209. The molecule has 0 bridgehead atoms. The van der Waals surface area contributed by atoms with Crippen LogP contribution in [0.3, 0.4) is 0 Å². The van der Waals surface area contributed by atoms with Crippen LogP contribution in [0.1, 0.15) is 33.1 Å². The highest BCUT2D eigenvalue weighted by molar-refractivity contribution is 5.46. The van der Waals surface area contributed by atoms with Gasteiger partial charge in [-0.15, -0.1) is 0 Å². The molecule has 1 aromatic rings. The highest BCUT2D eigenvalue weighted by Gasteiger charge is 2.31. The first-order valence-corrected chi connectivity index (χ1v) is 7.52. The molecule has 3 N–H and O–H groups in total. The van der Waals surface area contributed by atoms with Crippen molar-refractivity contribution in [2.45, 2.75) is 44.7 Å². The SMILES string of the molecule is CC(C)N1CCCC(CN)(Nc2cccc(F)c2)CC1. The number of anilines is 1. The van der Waals surface area contributed by atoms with Gasteiger partial charge < -0.3 is 16.0 Å². The molecule has 112 valence electrons. The Balaban J connectivity index is 2.09. The zero-order chi connectivity index (χ0) is 14.6. The first-order valence-electron chi connectivity index (χ1n) is 7.52. The van der Waals surface area contributed by atoms with E-state index in [1.165, 1.54) is 6.07 Å². The summed E-state index contributed by atoms with van der Waals surface area (Å²) >= 11 is 0. The van der Waals surface area contributed by atoms with E-state index in [1.807, 2.05) is 6.07 Å². The summed E-state index contributed by atoms with van der Waals surface area (Å²) in [5, 5.41) is 3.49. The predicted octanol–water partition coefficient (Wildman–Crippen LogP) is 2.83. The fourth-order valence-electron chi connectivity index (χ4n) is 2.98. The maximum absolute atomic E-state index is 13.3. The second kappa shape index (κ2) is 6.55. The quantitative estimate of drug-likeness (QED) is 0.890. The van der Waals surface area contributed by atoms with Crippen LogP contribution in [0.2, 0.25) is 0 Å². The Hall–Kier alpha value is -1.13. The predicted molar refractivity (Wildman–Crippen MR) is 82.4 cm³/mol. The van der Waals surface area contributed by atoms with Crippen LogP contribution < -0.4 is 11.1 Å². The number of hydrogen-bond acceptors (Lipinski definition) is 3. The Morgan fingerprint density at radius 2 is 2.15 bits per heavy atom. The van der Waals surface area contributed by atoms with E-state index >= 15 is 0 Å². The largest absolute Gasteiger partial charge is 0.378 e. The molecule has 0 amide bonds. The van der Waals surface area contributed by atoms with E-state index in [-0.39, 0.29) is 11.4 Å². The molecular formula is C16H26FN3. The van der Waals surface area contributed by atoms with Crippen molar-refractivity contribution in [3.8, 4) is 0 Å². The molecule has 1 fully saturated rings. The van der Waals surface area contributed by atoms with Gasteiger partial charge in [-0.05, 0) is 57.9 Å². The van der Waals surface area contributed by atoms with Crippen molar-refractivity contribution in [3.63, 3.8) is 0 Å². The van der Waals surface area contributed by atoms with Crippen molar-refractivity contribution >= 4 is 5.69 Å². The lowest BCUT2D eigenvalue weighted by atomic mass is 9.90. The van der Waals surface area contributed by atoms with Crippen LogP contribution in [0.4, 0.5) is 10.1 Å². The summed E-state index contributed by atoms with van der Waals surface area (Å²) in [7, 11) is 0. The topological polar surface area (TPSA) is 41.3 Å².